The molecule has 0 unspecified atom stereocenters. The summed E-state index contributed by atoms with van der Waals surface area (Å²) in [5.74, 6) is 0. The molecule has 178 valence electrons. The molecule has 0 spiro atoms. The van der Waals surface area contributed by atoms with Gasteiger partial charge in [-0.1, -0.05) is 76.2 Å². The van der Waals surface area contributed by atoms with E-state index in [2.05, 4.69) is 76.2 Å². The van der Waals surface area contributed by atoms with Gasteiger partial charge in [0.2, 0.25) is 0 Å². The molecule has 0 bridgehead atoms. The second-order valence-electron chi connectivity index (χ2n) is 9.38. The number of nitrogen functional groups attached to an aromatic ring is 2. The first kappa shape index (κ1) is 23.1. The summed E-state index contributed by atoms with van der Waals surface area (Å²) in [5.41, 5.74) is 25.8. The normalized spacial score (nSPS) is 13.5. The van der Waals surface area contributed by atoms with Crippen LogP contribution in [0.2, 0.25) is 0 Å². The van der Waals surface area contributed by atoms with E-state index in [9.17, 15) is 0 Å². The van der Waals surface area contributed by atoms with Gasteiger partial charge < -0.3 is 11.5 Å². The average molecular weight is 463 g/mol. The van der Waals surface area contributed by atoms with Crippen LogP contribution in [-0.4, -0.2) is 9.97 Å². The van der Waals surface area contributed by atoms with Gasteiger partial charge in [-0.05, 0) is 64.6 Å². The van der Waals surface area contributed by atoms with E-state index in [1.165, 1.54) is 38.9 Å². The Morgan fingerprint density at radius 1 is 0.657 bits per heavy atom. The van der Waals surface area contributed by atoms with E-state index in [4.69, 9.17) is 21.4 Å². The maximum absolute atomic E-state index is 6.61. The van der Waals surface area contributed by atoms with Gasteiger partial charge in [0.05, 0.1) is 16.8 Å². The molecule has 4 aromatic rings. The van der Waals surface area contributed by atoms with E-state index in [0.717, 1.165) is 54.0 Å². The van der Waals surface area contributed by atoms with Crippen LogP contribution < -0.4 is 11.5 Å². The van der Waals surface area contributed by atoms with Crippen molar-refractivity contribution in [3.63, 3.8) is 0 Å². The van der Waals surface area contributed by atoms with Gasteiger partial charge in [-0.25, -0.2) is 0 Å². The lowest BCUT2D eigenvalue weighted by atomic mass is 9.67. The number of hydrogen-bond donors (Lipinski definition) is 2. The molecular weight excluding hydrogens is 428 g/mol. The highest BCUT2D eigenvalue weighted by Gasteiger charge is 2.49. The Kier molecular flexibility index (Phi) is 5.84. The van der Waals surface area contributed by atoms with Crippen LogP contribution in [0.5, 0.6) is 0 Å². The van der Waals surface area contributed by atoms with Gasteiger partial charge in [0.15, 0.2) is 0 Å². The van der Waals surface area contributed by atoms with Crippen molar-refractivity contribution < 1.29 is 0 Å². The molecule has 0 amide bonds. The lowest BCUT2D eigenvalue weighted by molar-refractivity contribution is 0.728. The number of nitrogens with zero attached hydrogens (tertiary/aromatic N) is 2. The fourth-order valence-electron chi connectivity index (χ4n) is 5.87. The van der Waals surface area contributed by atoms with Gasteiger partial charge in [0, 0.05) is 29.3 Å². The second kappa shape index (κ2) is 8.84. The first-order chi connectivity index (χ1) is 17.0. The minimum absolute atomic E-state index is 0.594. The van der Waals surface area contributed by atoms with Gasteiger partial charge in [-0.2, -0.15) is 0 Å². The molecule has 3 aromatic carbocycles. The van der Waals surface area contributed by atoms with E-state index >= 15 is 0 Å². The first-order valence-electron chi connectivity index (χ1n) is 12.8. The Balaban J connectivity index is 1.99. The van der Waals surface area contributed by atoms with Crippen molar-refractivity contribution >= 4 is 11.4 Å². The van der Waals surface area contributed by atoms with Gasteiger partial charge in [-0.3, -0.25) is 9.97 Å². The van der Waals surface area contributed by atoms with Crippen molar-refractivity contribution in [2.75, 3.05) is 11.5 Å². The zero-order valence-corrected chi connectivity index (χ0v) is 21.2. The summed E-state index contributed by atoms with van der Waals surface area (Å²) in [5, 5.41) is 0. The topological polar surface area (TPSA) is 77.8 Å². The zero-order valence-electron chi connectivity index (χ0n) is 21.2. The Labute approximate surface area is 208 Å². The minimum atomic E-state index is -0.594. The molecule has 1 aromatic heterocycles. The number of rotatable bonds is 6. The molecule has 0 saturated heterocycles. The number of nitrogens with two attached hydrogens (primary N) is 2. The van der Waals surface area contributed by atoms with Crippen LogP contribution >= 0.6 is 0 Å². The van der Waals surface area contributed by atoms with E-state index in [1.54, 1.807) is 6.20 Å². The predicted octanol–water partition coefficient (Wildman–Crippen LogP) is 6.25. The van der Waals surface area contributed by atoms with Crippen LogP contribution in [0.25, 0.3) is 11.3 Å². The molecule has 1 aliphatic rings. The molecule has 5 rings (SSSR count). The van der Waals surface area contributed by atoms with E-state index in [0.29, 0.717) is 0 Å². The highest BCUT2D eigenvalue weighted by Crippen LogP contribution is 2.55. The highest BCUT2D eigenvalue weighted by molar-refractivity contribution is 5.83. The summed E-state index contributed by atoms with van der Waals surface area (Å²) in [6, 6.07) is 17.8. The molecule has 4 nitrogen and oxygen atoms in total. The molecule has 4 N–H and O–H groups in total. The van der Waals surface area contributed by atoms with Crippen LogP contribution in [0.1, 0.15) is 72.3 Å². The van der Waals surface area contributed by atoms with Crippen LogP contribution in [0, 0.1) is 0 Å². The SMILES string of the molecule is CCc1cc(C2(c3cc(CC)c(N)c(CC)c3)c3ccccc3-c3nccnc32)cc(CC)c1N. The molecule has 35 heavy (non-hydrogen) atoms. The molecular formula is C31H34N4. The Morgan fingerprint density at radius 2 is 1.11 bits per heavy atom. The third-order valence-corrected chi connectivity index (χ3v) is 7.73. The van der Waals surface area contributed by atoms with E-state index in [1.807, 2.05) is 6.20 Å². The van der Waals surface area contributed by atoms with Crippen molar-refractivity contribution in [1.29, 1.82) is 0 Å². The number of aromatic nitrogens is 2. The molecule has 0 radical (unpaired) electrons. The van der Waals surface area contributed by atoms with Crippen molar-refractivity contribution in [2.24, 2.45) is 0 Å². The third-order valence-electron chi connectivity index (χ3n) is 7.73. The monoisotopic (exact) mass is 462 g/mol. The quantitative estimate of drug-likeness (QED) is 0.292. The van der Waals surface area contributed by atoms with Gasteiger partial charge in [0.25, 0.3) is 0 Å². The summed E-state index contributed by atoms with van der Waals surface area (Å²) in [6.07, 6.45) is 7.11. The lowest BCUT2D eigenvalue weighted by Gasteiger charge is -2.34. The first-order valence-corrected chi connectivity index (χ1v) is 12.8. The summed E-state index contributed by atoms with van der Waals surface area (Å²) in [7, 11) is 0. The Morgan fingerprint density at radius 3 is 1.60 bits per heavy atom. The summed E-state index contributed by atoms with van der Waals surface area (Å²) in [6.45, 7) is 8.69. The minimum Gasteiger partial charge on any atom is -0.398 e. The second-order valence-corrected chi connectivity index (χ2v) is 9.38. The number of benzene rings is 3. The van der Waals surface area contributed by atoms with Crippen molar-refractivity contribution in [2.45, 2.75) is 58.8 Å². The standard InChI is InChI=1S/C31H34N4/c1-5-19-15-23(16-20(6-2)27(19)32)31(24-17-21(7-3)28(33)22(8-4)18-24)26-12-10-9-11-25(26)29-30(31)35-14-13-34-29/h9-18H,5-8,32-33H2,1-4H3. The van der Waals surface area contributed by atoms with Gasteiger partial charge in [0.1, 0.15) is 0 Å². The maximum atomic E-state index is 6.61. The van der Waals surface area contributed by atoms with E-state index in [-0.39, 0.29) is 0 Å². The number of hydrogen-bond acceptors (Lipinski definition) is 4. The van der Waals surface area contributed by atoms with Crippen molar-refractivity contribution in [3.05, 3.63) is 106 Å². The van der Waals surface area contributed by atoms with E-state index < -0.39 is 5.41 Å². The fraction of sp³-hybridized carbons (Fsp3) is 0.290. The number of aryl methyl sites for hydroxylation is 4. The molecule has 0 fully saturated rings. The Hall–Kier alpha value is -3.66. The average Bonchev–Trinajstić information content (AvgIpc) is 3.20. The number of anilines is 2. The van der Waals surface area contributed by atoms with Crippen molar-refractivity contribution in [3.8, 4) is 11.3 Å². The van der Waals surface area contributed by atoms with Crippen LogP contribution in [0.4, 0.5) is 11.4 Å². The predicted molar refractivity (Wildman–Crippen MR) is 146 cm³/mol. The highest BCUT2D eigenvalue weighted by atomic mass is 14.8. The number of fused-ring (bicyclic) bond motifs is 3. The zero-order chi connectivity index (χ0) is 24.7. The molecule has 0 aliphatic heterocycles. The van der Waals surface area contributed by atoms with Gasteiger partial charge in [-0.15, -0.1) is 0 Å². The van der Waals surface area contributed by atoms with Crippen LogP contribution in [0.15, 0.2) is 60.9 Å². The van der Waals surface area contributed by atoms with Crippen LogP contribution in [-0.2, 0) is 31.1 Å². The lowest BCUT2D eigenvalue weighted by Crippen LogP contribution is -2.31. The maximum Gasteiger partial charge on any atom is 0.0937 e. The van der Waals surface area contributed by atoms with Crippen LogP contribution in [0.3, 0.4) is 0 Å². The molecule has 0 atom stereocenters. The summed E-state index contributed by atoms with van der Waals surface area (Å²) < 4.78 is 0. The molecule has 0 saturated carbocycles. The smallest absolute Gasteiger partial charge is 0.0937 e. The Bertz CT molecular complexity index is 1260. The fourth-order valence-corrected chi connectivity index (χ4v) is 5.87. The molecule has 1 aliphatic carbocycles. The van der Waals surface area contributed by atoms with Gasteiger partial charge >= 0.3 is 0 Å². The summed E-state index contributed by atoms with van der Waals surface area (Å²) >= 11 is 0. The third kappa shape index (κ3) is 3.27. The summed E-state index contributed by atoms with van der Waals surface area (Å²) in [4.78, 5) is 9.86. The molecule has 1 heterocycles. The molecule has 4 heteroatoms. The van der Waals surface area contributed by atoms with Crippen molar-refractivity contribution in [1.82, 2.24) is 9.97 Å². The largest absolute Gasteiger partial charge is 0.398 e.